The van der Waals surface area contributed by atoms with Gasteiger partial charge in [0.2, 0.25) is 0 Å². The SMILES string of the molecule is CCC1CCN(CCF)CC1. The molecular weight excluding hydrogens is 141 g/mol. The topological polar surface area (TPSA) is 3.24 Å². The molecule has 2 heteroatoms. The van der Waals surface area contributed by atoms with Gasteiger partial charge in [-0.25, -0.2) is 4.39 Å². The first-order valence-corrected chi connectivity index (χ1v) is 4.65. The van der Waals surface area contributed by atoms with Crippen LogP contribution in [-0.2, 0) is 0 Å². The van der Waals surface area contributed by atoms with Crippen LogP contribution >= 0.6 is 0 Å². The number of alkyl halides is 1. The number of nitrogens with zero attached hydrogens (tertiary/aromatic N) is 1. The Labute approximate surface area is 68.6 Å². The third-order valence-electron chi connectivity index (χ3n) is 2.69. The van der Waals surface area contributed by atoms with Crippen molar-refractivity contribution in [3.63, 3.8) is 0 Å². The molecule has 0 amide bonds. The van der Waals surface area contributed by atoms with Gasteiger partial charge in [0, 0.05) is 6.54 Å². The lowest BCUT2D eigenvalue weighted by molar-refractivity contribution is 0.170. The number of halogens is 1. The molecule has 11 heavy (non-hydrogen) atoms. The highest BCUT2D eigenvalue weighted by Crippen LogP contribution is 2.19. The fraction of sp³-hybridized carbons (Fsp3) is 1.00. The lowest BCUT2D eigenvalue weighted by Gasteiger charge is -2.30. The van der Waals surface area contributed by atoms with E-state index in [-0.39, 0.29) is 6.67 Å². The van der Waals surface area contributed by atoms with E-state index < -0.39 is 0 Å². The summed E-state index contributed by atoms with van der Waals surface area (Å²) in [4.78, 5) is 2.23. The van der Waals surface area contributed by atoms with Crippen molar-refractivity contribution in [1.29, 1.82) is 0 Å². The molecule has 1 rings (SSSR count). The van der Waals surface area contributed by atoms with Crippen molar-refractivity contribution >= 4 is 0 Å². The van der Waals surface area contributed by atoms with Gasteiger partial charge in [-0.1, -0.05) is 13.3 Å². The molecule has 0 aliphatic carbocycles. The summed E-state index contributed by atoms with van der Waals surface area (Å²) in [6.45, 7) is 4.94. The van der Waals surface area contributed by atoms with Crippen LogP contribution in [0.5, 0.6) is 0 Å². The van der Waals surface area contributed by atoms with Gasteiger partial charge in [-0.15, -0.1) is 0 Å². The molecule has 1 saturated heterocycles. The molecule has 0 N–H and O–H groups in total. The van der Waals surface area contributed by atoms with E-state index in [1.165, 1.54) is 19.3 Å². The molecule has 1 nitrogen and oxygen atoms in total. The Kier molecular flexibility index (Phi) is 3.84. The van der Waals surface area contributed by atoms with E-state index in [9.17, 15) is 4.39 Å². The fourth-order valence-electron chi connectivity index (χ4n) is 1.74. The van der Waals surface area contributed by atoms with Crippen molar-refractivity contribution in [2.75, 3.05) is 26.3 Å². The molecule has 1 aliphatic rings. The summed E-state index contributed by atoms with van der Waals surface area (Å²) in [6.07, 6.45) is 3.84. The molecule has 1 fully saturated rings. The Hall–Kier alpha value is -0.110. The molecule has 0 aromatic carbocycles. The first-order chi connectivity index (χ1) is 5.36. The lowest BCUT2D eigenvalue weighted by atomic mass is 9.94. The largest absolute Gasteiger partial charge is 0.301 e. The molecule has 1 heterocycles. The van der Waals surface area contributed by atoms with E-state index >= 15 is 0 Å². The molecule has 0 saturated carbocycles. The maximum Gasteiger partial charge on any atom is 0.102 e. The second-order valence-corrected chi connectivity index (χ2v) is 3.38. The van der Waals surface area contributed by atoms with E-state index in [0.29, 0.717) is 6.54 Å². The zero-order chi connectivity index (χ0) is 8.10. The highest BCUT2D eigenvalue weighted by atomic mass is 19.1. The van der Waals surface area contributed by atoms with Crippen LogP contribution in [0.15, 0.2) is 0 Å². The second-order valence-electron chi connectivity index (χ2n) is 3.38. The van der Waals surface area contributed by atoms with Gasteiger partial charge < -0.3 is 4.90 Å². The minimum atomic E-state index is -0.184. The summed E-state index contributed by atoms with van der Waals surface area (Å²) in [6, 6.07) is 0. The van der Waals surface area contributed by atoms with Gasteiger partial charge in [-0.05, 0) is 31.8 Å². The molecule has 66 valence electrons. The number of piperidine rings is 1. The monoisotopic (exact) mass is 159 g/mol. The van der Waals surface area contributed by atoms with Crippen molar-refractivity contribution in [3.8, 4) is 0 Å². The Morgan fingerprint density at radius 3 is 2.45 bits per heavy atom. The molecule has 0 aromatic rings. The second kappa shape index (κ2) is 4.70. The van der Waals surface area contributed by atoms with Gasteiger partial charge in [0.05, 0.1) is 0 Å². The van der Waals surface area contributed by atoms with Crippen LogP contribution in [0.25, 0.3) is 0 Å². The van der Waals surface area contributed by atoms with Gasteiger partial charge in [-0.3, -0.25) is 0 Å². The standard InChI is InChI=1S/C9H18FN/c1-2-9-3-6-11(7-4-9)8-5-10/h9H,2-8H2,1H3. The van der Waals surface area contributed by atoms with Gasteiger partial charge in [0.15, 0.2) is 0 Å². The molecule has 0 unspecified atom stereocenters. The summed E-state index contributed by atoms with van der Waals surface area (Å²) >= 11 is 0. The van der Waals surface area contributed by atoms with Crippen molar-refractivity contribution < 1.29 is 4.39 Å². The molecule has 0 bridgehead atoms. The van der Waals surface area contributed by atoms with Crippen molar-refractivity contribution in [2.45, 2.75) is 26.2 Å². The maximum atomic E-state index is 11.9. The highest BCUT2D eigenvalue weighted by Gasteiger charge is 2.16. The molecule has 0 aromatic heterocycles. The lowest BCUT2D eigenvalue weighted by Crippen LogP contribution is -2.34. The van der Waals surface area contributed by atoms with Gasteiger partial charge in [0.1, 0.15) is 6.67 Å². The van der Waals surface area contributed by atoms with Crippen LogP contribution in [0.1, 0.15) is 26.2 Å². The van der Waals surface area contributed by atoms with Crippen LogP contribution in [0, 0.1) is 5.92 Å². The number of hydrogen-bond acceptors (Lipinski definition) is 1. The van der Waals surface area contributed by atoms with E-state index in [1.807, 2.05) is 0 Å². The molecule has 0 spiro atoms. The molecule has 0 radical (unpaired) electrons. The number of rotatable bonds is 3. The quantitative estimate of drug-likeness (QED) is 0.609. The predicted molar refractivity (Wildman–Crippen MR) is 45.4 cm³/mol. The third kappa shape index (κ3) is 2.78. The van der Waals surface area contributed by atoms with Crippen LogP contribution in [-0.4, -0.2) is 31.2 Å². The first-order valence-electron chi connectivity index (χ1n) is 4.65. The van der Waals surface area contributed by atoms with E-state index in [1.54, 1.807) is 0 Å². The summed E-state index contributed by atoms with van der Waals surface area (Å²) in [5, 5.41) is 0. The third-order valence-corrected chi connectivity index (χ3v) is 2.69. The van der Waals surface area contributed by atoms with Gasteiger partial charge in [-0.2, -0.15) is 0 Å². The summed E-state index contributed by atoms with van der Waals surface area (Å²) in [5.41, 5.74) is 0. The van der Waals surface area contributed by atoms with Crippen molar-refractivity contribution in [2.24, 2.45) is 5.92 Å². The van der Waals surface area contributed by atoms with Crippen molar-refractivity contribution in [3.05, 3.63) is 0 Å². The van der Waals surface area contributed by atoms with Gasteiger partial charge >= 0.3 is 0 Å². The van der Waals surface area contributed by atoms with E-state index in [2.05, 4.69) is 11.8 Å². The van der Waals surface area contributed by atoms with E-state index in [4.69, 9.17) is 0 Å². The predicted octanol–water partition coefficient (Wildman–Crippen LogP) is 2.08. The maximum absolute atomic E-state index is 11.9. The Balaban J connectivity index is 2.14. The Morgan fingerprint density at radius 2 is 2.00 bits per heavy atom. The minimum Gasteiger partial charge on any atom is -0.301 e. The molecule has 1 aliphatic heterocycles. The van der Waals surface area contributed by atoms with Crippen LogP contribution < -0.4 is 0 Å². The van der Waals surface area contributed by atoms with Crippen molar-refractivity contribution in [1.82, 2.24) is 4.90 Å². The zero-order valence-electron chi connectivity index (χ0n) is 7.35. The average molecular weight is 159 g/mol. The van der Waals surface area contributed by atoms with Gasteiger partial charge in [0.25, 0.3) is 0 Å². The molecular formula is C9H18FN. The summed E-state index contributed by atoms with van der Waals surface area (Å²) in [5.74, 6) is 0.908. The minimum absolute atomic E-state index is 0.184. The Morgan fingerprint density at radius 1 is 1.36 bits per heavy atom. The van der Waals surface area contributed by atoms with Crippen LogP contribution in [0.2, 0.25) is 0 Å². The average Bonchev–Trinajstić information content (AvgIpc) is 2.07. The summed E-state index contributed by atoms with van der Waals surface area (Å²) in [7, 11) is 0. The molecule has 0 atom stereocenters. The van der Waals surface area contributed by atoms with Crippen LogP contribution in [0.4, 0.5) is 4.39 Å². The normalized spacial score (nSPS) is 22.4. The smallest absolute Gasteiger partial charge is 0.102 e. The number of likely N-dealkylation sites (tertiary alicyclic amines) is 1. The number of hydrogen-bond donors (Lipinski definition) is 0. The Bertz CT molecular complexity index is 97.7. The first kappa shape index (κ1) is 8.98. The summed E-state index contributed by atoms with van der Waals surface area (Å²) < 4.78 is 11.9. The highest BCUT2D eigenvalue weighted by molar-refractivity contribution is 4.70. The van der Waals surface area contributed by atoms with E-state index in [0.717, 1.165) is 19.0 Å². The zero-order valence-corrected chi connectivity index (χ0v) is 7.35. The van der Waals surface area contributed by atoms with Crippen LogP contribution in [0.3, 0.4) is 0 Å². The fourth-order valence-corrected chi connectivity index (χ4v) is 1.74.